The van der Waals surface area contributed by atoms with E-state index in [9.17, 15) is 18.3 Å². The Morgan fingerprint density at radius 1 is 1.04 bits per heavy atom. The van der Waals surface area contributed by atoms with Crippen molar-refractivity contribution >= 4 is 0 Å². The van der Waals surface area contributed by atoms with Gasteiger partial charge in [0, 0.05) is 25.6 Å². The van der Waals surface area contributed by atoms with Crippen LogP contribution in [0.25, 0.3) is 0 Å². The molecular weight excluding hydrogens is 343 g/mol. The molecule has 26 heavy (non-hydrogen) atoms. The fraction of sp³-hybridized carbons (Fsp3) is 0.400. The molecule has 0 spiro atoms. The Hall–Kier alpha value is -2.05. The number of alkyl halides is 3. The third-order valence-electron chi connectivity index (χ3n) is 5.31. The molecule has 1 saturated heterocycles. The molecule has 138 valence electrons. The summed E-state index contributed by atoms with van der Waals surface area (Å²) in [4.78, 5) is 2.31. The van der Waals surface area contributed by atoms with Gasteiger partial charge < -0.3 is 9.84 Å². The van der Waals surface area contributed by atoms with E-state index >= 15 is 0 Å². The topological polar surface area (TPSA) is 32.7 Å². The summed E-state index contributed by atoms with van der Waals surface area (Å²) in [5.41, 5.74) is 0.322. The van der Waals surface area contributed by atoms with Crippen molar-refractivity contribution in [2.45, 2.75) is 25.2 Å². The lowest BCUT2D eigenvalue weighted by molar-refractivity contribution is -0.137. The third-order valence-corrected chi connectivity index (χ3v) is 5.31. The third kappa shape index (κ3) is 3.57. The van der Waals surface area contributed by atoms with Gasteiger partial charge in [0.05, 0.1) is 11.7 Å². The van der Waals surface area contributed by atoms with Gasteiger partial charge in [-0.25, -0.2) is 0 Å². The minimum Gasteiger partial charge on any atom is -0.457 e. The summed E-state index contributed by atoms with van der Waals surface area (Å²) in [7, 11) is 0. The molecule has 2 aromatic rings. The number of aliphatic hydroxyl groups excluding tert-OH is 1. The average Bonchev–Trinajstić information content (AvgIpc) is 2.91. The summed E-state index contributed by atoms with van der Waals surface area (Å²) in [6, 6.07) is 12.3. The van der Waals surface area contributed by atoms with Crippen molar-refractivity contribution in [3.8, 4) is 11.5 Å². The van der Waals surface area contributed by atoms with Crippen LogP contribution in [0.5, 0.6) is 11.5 Å². The van der Waals surface area contributed by atoms with Crippen molar-refractivity contribution in [3.63, 3.8) is 0 Å². The fourth-order valence-corrected chi connectivity index (χ4v) is 3.93. The van der Waals surface area contributed by atoms with Crippen LogP contribution in [0.4, 0.5) is 13.2 Å². The van der Waals surface area contributed by atoms with Crippen LogP contribution in [0.2, 0.25) is 0 Å². The molecule has 0 aromatic heterocycles. The Morgan fingerprint density at radius 2 is 1.77 bits per heavy atom. The van der Waals surface area contributed by atoms with Crippen molar-refractivity contribution in [2.75, 3.05) is 13.1 Å². The van der Waals surface area contributed by atoms with E-state index in [1.54, 1.807) is 6.07 Å². The van der Waals surface area contributed by atoms with Gasteiger partial charge in [0.15, 0.2) is 0 Å². The molecule has 2 aromatic carbocycles. The zero-order valence-electron chi connectivity index (χ0n) is 14.1. The quantitative estimate of drug-likeness (QED) is 0.879. The predicted octanol–water partition coefficient (Wildman–Crippen LogP) is 4.31. The zero-order valence-corrected chi connectivity index (χ0v) is 14.1. The summed E-state index contributed by atoms with van der Waals surface area (Å²) in [6.07, 6.45) is -3.67. The van der Waals surface area contributed by atoms with Crippen molar-refractivity contribution in [2.24, 2.45) is 11.8 Å². The Morgan fingerprint density at radius 3 is 2.46 bits per heavy atom. The molecule has 3 nitrogen and oxygen atoms in total. The molecule has 2 aliphatic rings. The van der Waals surface area contributed by atoms with Gasteiger partial charge in [0.1, 0.15) is 11.5 Å². The summed E-state index contributed by atoms with van der Waals surface area (Å²) in [5, 5.41) is 9.76. The van der Waals surface area contributed by atoms with Gasteiger partial charge in [-0.2, -0.15) is 13.2 Å². The van der Waals surface area contributed by atoms with Crippen LogP contribution in [0.3, 0.4) is 0 Å². The molecule has 0 amide bonds. The predicted molar refractivity (Wildman–Crippen MR) is 90.8 cm³/mol. The highest BCUT2D eigenvalue weighted by molar-refractivity contribution is 5.36. The van der Waals surface area contributed by atoms with Gasteiger partial charge in [-0.05, 0) is 48.2 Å². The van der Waals surface area contributed by atoms with E-state index < -0.39 is 11.7 Å². The number of hydrogen-bond donors (Lipinski definition) is 1. The highest BCUT2D eigenvalue weighted by Gasteiger charge is 2.45. The van der Waals surface area contributed by atoms with Crippen LogP contribution in [-0.2, 0) is 12.7 Å². The van der Waals surface area contributed by atoms with Crippen molar-refractivity contribution in [1.82, 2.24) is 4.90 Å². The summed E-state index contributed by atoms with van der Waals surface area (Å²) in [5.74, 6) is 1.66. The second-order valence-electron chi connectivity index (χ2n) is 7.20. The van der Waals surface area contributed by atoms with Gasteiger partial charge in [0.25, 0.3) is 0 Å². The van der Waals surface area contributed by atoms with Gasteiger partial charge in [0.2, 0.25) is 0 Å². The molecule has 2 fully saturated rings. The first-order valence-electron chi connectivity index (χ1n) is 8.73. The monoisotopic (exact) mass is 363 g/mol. The molecular formula is C20H20F3NO2. The zero-order chi connectivity index (χ0) is 18.3. The lowest BCUT2D eigenvalue weighted by Crippen LogP contribution is -2.39. The fourth-order valence-electron chi connectivity index (χ4n) is 3.93. The first-order chi connectivity index (χ1) is 12.4. The highest BCUT2D eigenvalue weighted by Crippen LogP contribution is 2.41. The maximum Gasteiger partial charge on any atom is 0.416 e. The molecule has 3 atom stereocenters. The molecule has 0 unspecified atom stereocenters. The minimum absolute atomic E-state index is 0.166. The number of nitrogens with zero attached hydrogens (tertiary/aromatic N) is 1. The standard InChI is InChI=1S/C20H20F3NO2/c21-20(22,23)15-4-2-6-17(9-15)26-16-5-1-3-13(7-16)10-24-11-14-8-19(25)18(14)12-24/h1-7,9,14,18-19,25H,8,10-12H2/t14-,18+,19-/m1/s1. The number of hydrogen-bond acceptors (Lipinski definition) is 3. The second kappa shape index (κ2) is 6.59. The number of aliphatic hydroxyl groups is 1. The molecule has 1 aliphatic heterocycles. The maximum absolute atomic E-state index is 12.8. The van der Waals surface area contributed by atoms with Crippen LogP contribution < -0.4 is 4.74 Å². The van der Waals surface area contributed by atoms with Crippen LogP contribution >= 0.6 is 0 Å². The molecule has 0 radical (unpaired) electrons. The van der Waals surface area contributed by atoms with Crippen LogP contribution in [0, 0.1) is 11.8 Å². The average molecular weight is 363 g/mol. The summed E-state index contributed by atoms with van der Waals surface area (Å²) < 4.78 is 44.1. The molecule has 4 rings (SSSR count). The van der Waals surface area contributed by atoms with E-state index in [1.807, 2.05) is 18.2 Å². The largest absolute Gasteiger partial charge is 0.457 e. The van der Waals surface area contributed by atoms with Crippen LogP contribution in [-0.4, -0.2) is 29.2 Å². The van der Waals surface area contributed by atoms with Crippen molar-refractivity contribution in [3.05, 3.63) is 59.7 Å². The van der Waals surface area contributed by atoms with E-state index in [0.29, 0.717) is 17.6 Å². The first-order valence-corrected chi connectivity index (χ1v) is 8.73. The minimum atomic E-state index is -4.39. The SMILES string of the molecule is O[C@@H]1C[C@@H]2CN(Cc3cccc(Oc4cccc(C(F)(F)F)c4)c3)C[C@@H]21. The van der Waals surface area contributed by atoms with E-state index in [1.165, 1.54) is 12.1 Å². The molecule has 6 heteroatoms. The molecule has 1 N–H and O–H groups in total. The second-order valence-corrected chi connectivity index (χ2v) is 7.20. The number of likely N-dealkylation sites (tertiary alicyclic amines) is 1. The smallest absolute Gasteiger partial charge is 0.416 e. The van der Waals surface area contributed by atoms with E-state index in [4.69, 9.17) is 4.74 Å². The number of halogens is 3. The number of rotatable bonds is 4. The highest BCUT2D eigenvalue weighted by atomic mass is 19.4. The normalized spacial score (nSPS) is 25.6. The van der Waals surface area contributed by atoms with E-state index in [2.05, 4.69) is 4.90 Å². The van der Waals surface area contributed by atoms with E-state index in [0.717, 1.165) is 43.8 Å². The maximum atomic E-state index is 12.8. The van der Waals surface area contributed by atoms with Gasteiger partial charge in [-0.15, -0.1) is 0 Å². The Kier molecular flexibility index (Phi) is 4.40. The van der Waals surface area contributed by atoms with Gasteiger partial charge in [-0.1, -0.05) is 18.2 Å². The summed E-state index contributed by atoms with van der Waals surface area (Å²) >= 11 is 0. The van der Waals surface area contributed by atoms with Crippen molar-refractivity contribution in [1.29, 1.82) is 0 Å². The van der Waals surface area contributed by atoms with Gasteiger partial charge >= 0.3 is 6.18 Å². The van der Waals surface area contributed by atoms with Crippen molar-refractivity contribution < 1.29 is 23.0 Å². The molecule has 1 saturated carbocycles. The Balaban J connectivity index is 1.43. The lowest BCUT2D eigenvalue weighted by Gasteiger charge is -2.35. The Labute approximate surface area is 150 Å². The molecule has 1 heterocycles. The lowest BCUT2D eigenvalue weighted by atomic mass is 9.74. The van der Waals surface area contributed by atoms with Crippen LogP contribution in [0.15, 0.2) is 48.5 Å². The number of fused-ring (bicyclic) bond motifs is 1. The first kappa shape index (κ1) is 17.4. The van der Waals surface area contributed by atoms with Crippen LogP contribution in [0.1, 0.15) is 17.5 Å². The molecule has 1 aliphatic carbocycles. The van der Waals surface area contributed by atoms with E-state index in [-0.39, 0.29) is 11.9 Å². The number of benzene rings is 2. The Bertz CT molecular complexity index is 793. The van der Waals surface area contributed by atoms with Gasteiger partial charge in [-0.3, -0.25) is 4.90 Å². The summed E-state index contributed by atoms with van der Waals surface area (Å²) in [6.45, 7) is 2.63. The molecule has 0 bridgehead atoms. The number of ether oxygens (including phenoxy) is 1.